The van der Waals surface area contributed by atoms with Crippen molar-refractivity contribution < 1.29 is 13.2 Å². The molecule has 1 atom stereocenters. The van der Waals surface area contributed by atoms with Crippen molar-refractivity contribution >= 4 is 39.3 Å². The van der Waals surface area contributed by atoms with Crippen molar-refractivity contribution in [2.75, 3.05) is 11.6 Å². The van der Waals surface area contributed by atoms with Gasteiger partial charge in [-0.2, -0.15) is 4.31 Å². The van der Waals surface area contributed by atoms with E-state index >= 15 is 0 Å². The number of thioether (sulfide) groups is 1. The van der Waals surface area contributed by atoms with Crippen LogP contribution >= 0.6 is 23.4 Å². The number of sulfonamides is 1. The molecular formula is C15H21ClN2O3S2. The lowest BCUT2D eigenvalue weighted by molar-refractivity contribution is -0.125. The zero-order valence-corrected chi connectivity index (χ0v) is 16.0. The number of nitrogens with zero attached hydrogens (tertiary/aromatic N) is 1. The molecule has 0 saturated carbocycles. The number of carbonyl (C=O) groups excluding carboxylic acids is 1. The molecule has 1 aliphatic heterocycles. The number of carbonyl (C=O) groups is 1. The largest absolute Gasteiger partial charge is 0.350 e. The molecule has 23 heavy (non-hydrogen) atoms. The lowest BCUT2D eigenvalue weighted by Crippen LogP contribution is -2.52. The van der Waals surface area contributed by atoms with Crippen LogP contribution in [0.1, 0.15) is 26.3 Å². The van der Waals surface area contributed by atoms with Crippen LogP contribution < -0.4 is 5.32 Å². The normalized spacial score (nSPS) is 19.8. The molecule has 1 saturated heterocycles. The van der Waals surface area contributed by atoms with Crippen LogP contribution in [0.3, 0.4) is 0 Å². The molecule has 8 heteroatoms. The van der Waals surface area contributed by atoms with E-state index in [1.165, 1.54) is 22.1 Å². The molecule has 0 aromatic heterocycles. The highest BCUT2D eigenvalue weighted by molar-refractivity contribution is 8.00. The van der Waals surface area contributed by atoms with Crippen LogP contribution in [0.5, 0.6) is 0 Å². The topological polar surface area (TPSA) is 66.5 Å². The minimum Gasteiger partial charge on any atom is -0.350 e. The predicted molar refractivity (Wildman–Crippen MR) is 94.2 cm³/mol. The van der Waals surface area contributed by atoms with Crippen LogP contribution in [-0.4, -0.2) is 41.8 Å². The number of hydrogen-bond donors (Lipinski definition) is 1. The highest BCUT2D eigenvalue weighted by atomic mass is 35.5. The van der Waals surface area contributed by atoms with Gasteiger partial charge in [0.15, 0.2) is 0 Å². The standard InChI is InChI=1S/C15H21ClN2O3S2/c1-10-11(16)6-5-7-13(10)23(20,21)18-9-22-8-12(18)14(19)17-15(2,3)4/h5-7,12H,8-9H2,1-4H3,(H,17,19). The molecule has 1 aromatic carbocycles. The van der Waals surface area contributed by atoms with E-state index in [2.05, 4.69) is 5.32 Å². The van der Waals surface area contributed by atoms with E-state index in [1.54, 1.807) is 19.1 Å². The second kappa shape index (κ2) is 6.63. The van der Waals surface area contributed by atoms with Gasteiger partial charge >= 0.3 is 0 Å². The number of benzene rings is 1. The first kappa shape index (κ1) is 18.6. The van der Waals surface area contributed by atoms with E-state index in [0.29, 0.717) is 16.3 Å². The summed E-state index contributed by atoms with van der Waals surface area (Å²) in [5, 5.41) is 3.25. The third-order valence-corrected chi connectivity index (χ3v) is 7.03. The van der Waals surface area contributed by atoms with Crippen LogP contribution in [-0.2, 0) is 14.8 Å². The monoisotopic (exact) mass is 376 g/mol. The third kappa shape index (κ3) is 4.02. The Labute approximate surface area is 146 Å². The third-order valence-electron chi connectivity index (χ3n) is 3.45. The van der Waals surface area contributed by atoms with E-state index in [0.717, 1.165) is 0 Å². The molecule has 0 bridgehead atoms. The molecule has 0 aliphatic carbocycles. The summed E-state index contributed by atoms with van der Waals surface area (Å²) in [7, 11) is -3.77. The van der Waals surface area contributed by atoms with Gasteiger partial charge in [0.2, 0.25) is 15.9 Å². The molecule has 128 valence electrons. The van der Waals surface area contributed by atoms with Gasteiger partial charge in [-0.3, -0.25) is 4.79 Å². The lowest BCUT2D eigenvalue weighted by Gasteiger charge is -2.27. The Hall–Kier alpha value is -0.760. The summed E-state index contributed by atoms with van der Waals surface area (Å²) in [6.07, 6.45) is 0. The minimum absolute atomic E-state index is 0.154. The van der Waals surface area contributed by atoms with Crippen molar-refractivity contribution in [2.45, 2.75) is 44.2 Å². The summed E-state index contributed by atoms with van der Waals surface area (Å²) in [5.74, 6) is 0.433. The van der Waals surface area contributed by atoms with E-state index in [-0.39, 0.29) is 16.7 Å². The van der Waals surface area contributed by atoms with Gasteiger partial charge in [0.05, 0.1) is 10.8 Å². The molecule has 0 radical (unpaired) electrons. The molecule has 1 unspecified atom stereocenters. The van der Waals surface area contributed by atoms with E-state index in [1.807, 2.05) is 20.8 Å². The number of hydrogen-bond acceptors (Lipinski definition) is 4. The first-order valence-corrected chi connectivity index (χ1v) is 10.2. The summed E-state index contributed by atoms with van der Waals surface area (Å²) >= 11 is 7.47. The summed E-state index contributed by atoms with van der Waals surface area (Å²) in [4.78, 5) is 12.6. The molecule has 1 heterocycles. The Bertz CT molecular complexity index is 714. The van der Waals surface area contributed by atoms with Gasteiger partial charge in [0.25, 0.3) is 0 Å². The van der Waals surface area contributed by atoms with Gasteiger partial charge in [0, 0.05) is 16.3 Å². The Morgan fingerprint density at radius 2 is 2.04 bits per heavy atom. The maximum absolute atomic E-state index is 13.0. The first-order valence-electron chi connectivity index (χ1n) is 7.21. The fraction of sp³-hybridized carbons (Fsp3) is 0.533. The fourth-order valence-electron chi connectivity index (χ4n) is 2.32. The van der Waals surface area contributed by atoms with Crippen molar-refractivity contribution in [3.05, 3.63) is 28.8 Å². The molecule has 2 rings (SSSR count). The van der Waals surface area contributed by atoms with Gasteiger partial charge in [-0.15, -0.1) is 11.8 Å². The SMILES string of the molecule is Cc1c(Cl)cccc1S(=O)(=O)N1CSCC1C(=O)NC(C)(C)C. The Morgan fingerprint density at radius 3 is 2.65 bits per heavy atom. The smallest absolute Gasteiger partial charge is 0.244 e. The molecule has 0 spiro atoms. The highest BCUT2D eigenvalue weighted by Gasteiger charge is 2.41. The lowest BCUT2D eigenvalue weighted by atomic mass is 10.1. The minimum atomic E-state index is -3.77. The number of rotatable bonds is 3. The van der Waals surface area contributed by atoms with Crippen molar-refractivity contribution in [3.8, 4) is 0 Å². The second-order valence-corrected chi connectivity index (χ2v) is 9.78. The van der Waals surface area contributed by atoms with Crippen LogP contribution in [0.25, 0.3) is 0 Å². The van der Waals surface area contributed by atoms with Gasteiger partial charge in [-0.25, -0.2) is 8.42 Å². The van der Waals surface area contributed by atoms with Crippen molar-refractivity contribution in [2.24, 2.45) is 0 Å². The summed E-state index contributed by atoms with van der Waals surface area (Å²) in [6, 6.07) is 4.08. The van der Waals surface area contributed by atoms with Gasteiger partial charge < -0.3 is 5.32 Å². The van der Waals surface area contributed by atoms with Gasteiger partial charge in [-0.1, -0.05) is 17.7 Å². The molecule has 1 aliphatic rings. The van der Waals surface area contributed by atoms with Gasteiger partial charge in [0.1, 0.15) is 6.04 Å². The zero-order valence-electron chi connectivity index (χ0n) is 13.6. The molecule has 1 aromatic rings. The van der Waals surface area contributed by atoms with Crippen molar-refractivity contribution in [1.29, 1.82) is 0 Å². The average Bonchev–Trinajstić information content (AvgIpc) is 2.90. The molecule has 1 N–H and O–H groups in total. The molecule has 5 nitrogen and oxygen atoms in total. The quantitative estimate of drug-likeness (QED) is 0.880. The van der Waals surface area contributed by atoms with E-state index in [4.69, 9.17) is 11.6 Å². The summed E-state index contributed by atoms with van der Waals surface area (Å²) in [5.41, 5.74) is 0.0900. The molecule has 1 amide bonds. The van der Waals surface area contributed by atoms with Crippen LogP contribution in [0.15, 0.2) is 23.1 Å². The zero-order chi connectivity index (χ0) is 17.4. The van der Waals surface area contributed by atoms with Gasteiger partial charge in [-0.05, 0) is 45.4 Å². The van der Waals surface area contributed by atoms with E-state index in [9.17, 15) is 13.2 Å². The maximum Gasteiger partial charge on any atom is 0.244 e. The van der Waals surface area contributed by atoms with E-state index < -0.39 is 21.6 Å². The molecular weight excluding hydrogens is 356 g/mol. The second-order valence-electron chi connectivity index (χ2n) is 6.51. The Balaban J connectivity index is 2.35. The van der Waals surface area contributed by atoms with Crippen LogP contribution in [0.2, 0.25) is 5.02 Å². The average molecular weight is 377 g/mol. The first-order chi connectivity index (χ1) is 10.5. The Morgan fingerprint density at radius 1 is 1.39 bits per heavy atom. The Kier molecular flexibility index (Phi) is 5.35. The van der Waals surface area contributed by atoms with Crippen LogP contribution in [0.4, 0.5) is 0 Å². The fourth-order valence-corrected chi connectivity index (χ4v) is 5.95. The number of halogens is 1. The summed E-state index contributed by atoms with van der Waals surface area (Å²) < 4.78 is 27.2. The molecule has 1 fully saturated rings. The number of amides is 1. The maximum atomic E-state index is 13.0. The number of nitrogens with one attached hydrogen (secondary N) is 1. The predicted octanol–water partition coefficient (Wildman–Crippen LogP) is 2.63. The highest BCUT2D eigenvalue weighted by Crippen LogP contribution is 2.32. The van der Waals surface area contributed by atoms with Crippen molar-refractivity contribution in [1.82, 2.24) is 9.62 Å². The van der Waals surface area contributed by atoms with Crippen LogP contribution in [0, 0.1) is 6.92 Å². The van der Waals surface area contributed by atoms with Crippen molar-refractivity contribution in [3.63, 3.8) is 0 Å². The summed E-state index contributed by atoms with van der Waals surface area (Å²) in [6.45, 7) is 7.27.